The summed E-state index contributed by atoms with van der Waals surface area (Å²) < 4.78 is 0. The molecule has 1 unspecified atom stereocenters. The number of hydrogen-bond acceptors (Lipinski definition) is 4. The monoisotopic (exact) mass is 326 g/mol. The molecule has 1 heterocycles. The molecule has 1 aliphatic heterocycles. The number of amides is 1. The standard InChI is InChI=1S/C17H14N2O5/c1-10(17(21)22)11-5-7-13(8-6-11)18-9-12-3-2-4-14(19(23)24)15(12)16(18)20/h2-8,10H,9H2,1H3,(H,21,22). The van der Waals surface area contributed by atoms with Crippen LogP contribution in [0.15, 0.2) is 42.5 Å². The maximum absolute atomic E-state index is 12.6. The number of aliphatic carboxylic acids is 1. The van der Waals surface area contributed by atoms with E-state index in [-0.39, 0.29) is 17.8 Å². The van der Waals surface area contributed by atoms with Crippen LogP contribution >= 0.6 is 0 Å². The van der Waals surface area contributed by atoms with E-state index in [0.29, 0.717) is 16.8 Å². The second-order valence-corrected chi connectivity index (χ2v) is 5.61. The Morgan fingerprint density at radius 1 is 1.25 bits per heavy atom. The third-order valence-corrected chi connectivity index (χ3v) is 4.19. The highest BCUT2D eigenvalue weighted by molar-refractivity contribution is 6.12. The summed E-state index contributed by atoms with van der Waals surface area (Å²) in [5.41, 5.74) is 1.73. The van der Waals surface area contributed by atoms with E-state index in [1.807, 2.05) is 0 Å². The van der Waals surface area contributed by atoms with E-state index in [4.69, 9.17) is 5.11 Å². The van der Waals surface area contributed by atoms with Crippen LogP contribution in [0.5, 0.6) is 0 Å². The first-order chi connectivity index (χ1) is 11.4. The van der Waals surface area contributed by atoms with Gasteiger partial charge in [-0.05, 0) is 30.2 Å². The number of nitro benzene ring substituents is 1. The van der Waals surface area contributed by atoms with Crippen molar-refractivity contribution in [3.63, 3.8) is 0 Å². The summed E-state index contributed by atoms with van der Waals surface area (Å²) in [6.07, 6.45) is 0. The summed E-state index contributed by atoms with van der Waals surface area (Å²) >= 11 is 0. The first-order valence-electron chi connectivity index (χ1n) is 7.31. The van der Waals surface area contributed by atoms with Crippen molar-refractivity contribution in [2.75, 3.05) is 4.90 Å². The van der Waals surface area contributed by atoms with E-state index >= 15 is 0 Å². The van der Waals surface area contributed by atoms with Gasteiger partial charge in [0, 0.05) is 11.8 Å². The molecule has 24 heavy (non-hydrogen) atoms. The number of carboxylic acids is 1. The molecule has 0 bridgehead atoms. The quantitative estimate of drug-likeness (QED) is 0.687. The van der Waals surface area contributed by atoms with Gasteiger partial charge in [0.25, 0.3) is 11.6 Å². The zero-order valence-electron chi connectivity index (χ0n) is 12.8. The fourth-order valence-electron chi connectivity index (χ4n) is 2.79. The molecular weight excluding hydrogens is 312 g/mol. The molecule has 0 radical (unpaired) electrons. The van der Waals surface area contributed by atoms with E-state index in [0.717, 1.165) is 0 Å². The molecule has 0 saturated carbocycles. The smallest absolute Gasteiger partial charge is 0.310 e. The maximum atomic E-state index is 12.6. The third-order valence-electron chi connectivity index (χ3n) is 4.19. The van der Waals surface area contributed by atoms with Gasteiger partial charge in [-0.25, -0.2) is 0 Å². The average molecular weight is 326 g/mol. The minimum Gasteiger partial charge on any atom is -0.481 e. The predicted octanol–water partition coefficient (Wildman–Crippen LogP) is 2.94. The van der Waals surface area contributed by atoms with Gasteiger partial charge < -0.3 is 10.0 Å². The van der Waals surface area contributed by atoms with Crippen molar-refractivity contribution in [3.05, 3.63) is 69.3 Å². The lowest BCUT2D eigenvalue weighted by atomic mass is 10.0. The van der Waals surface area contributed by atoms with Gasteiger partial charge in [-0.15, -0.1) is 0 Å². The largest absolute Gasteiger partial charge is 0.481 e. The van der Waals surface area contributed by atoms with Crippen LogP contribution < -0.4 is 4.90 Å². The molecule has 0 aromatic heterocycles. The van der Waals surface area contributed by atoms with Crippen molar-refractivity contribution in [2.45, 2.75) is 19.4 Å². The predicted molar refractivity (Wildman–Crippen MR) is 86.1 cm³/mol. The molecule has 7 nitrogen and oxygen atoms in total. The van der Waals surface area contributed by atoms with Gasteiger partial charge in [-0.3, -0.25) is 19.7 Å². The lowest BCUT2D eigenvalue weighted by Gasteiger charge is -2.16. The van der Waals surface area contributed by atoms with Gasteiger partial charge in [0.15, 0.2) is 0 Å². The Bertz CT molecular complexity index is 845. The van der Waals surface area contributed by atoms with Gasteiger partial charge >= 0.3 is 5.97 Å². The highest BCUT2D eigenvalue weighted by atomic mass is 16.6. The van der Waals surface area contributed by atoms with Crippen molar-refractivity contribution in [1.29, 1.82) is 0 Å². The van der Waals surface area contributed by atoms with Crippen molar-refractivity contribution < 1.29 is 19.6 Å². The zero-order valence-corrected chi connectivity index (χ0v) is 12.8. The molecule has 0 aliphatic carbocycles. The Hall–Kier alpha value is -3.22. The number of carbonyl (C=O) groups is 2. The molecular formula is C17H14N2O5. The molecule has 0 fully saturated rings. The van der Waals surface area contributed by atoms with Gasteiger partial charge in [-0.1, -0.05) is 24.3 Å². The first kappa shape index (κ1) is 15.7. The van der Waals surface area contributed by atoms with E-state index in [1.54, 1.807) is 43.3 Å². The third kappa shape index (κ3) is 2.50. The molecule has 7 heteroatoms. The Morgan fingerprint density at radius 3 is 2.50 bits per heavy atom. The molecule has 122 valence electrons. The molecule has 1 aliphatic rings. The highest BCUT2D eigenvalue weighted by Gasteiger charge is 2.35. The Morgan fingerprint density at radius 2 is 1.92 bits per heavy atom. The molecule has 0 saturated heterocycles. The minimum atomic E-state index is -0.928. The van der Waals surface area contributed by atoms with Crippen LogP contribution in [0.4, 0.5) is 11.4 Å². The zero-order chi connectivity index (χ0) is 17.4. The molecule has 1 N–H and O–H groups in total. The van der Waals surface area contributed by atoms with Crippen molar-refractivity contribution in [2.24, 2.45) is 0 Å². The van der Waals surface area contributed by atoms with Gasteiger partial charge in [-0.2, -0.15) is 0 Å². The molecule has 2 aromatic carbocycles. The fraction of sp³-hybridized carbons (Fsp3) is 0.176. The number of fused-ring (bicyclic) bond motifs is 1. The SMILES string of the molecule is CC(C(=O)O)c1ccc(N2Cc3cccc([N+](=O)[O-])c3C2=O)cc1. The Labute approximate surface area is 137 Å². The summed E-state index contributed by atoms with van der Waals surface area (Å²) in [7, 11) is 0. The van der Waals surface area contributed by atoms with Crippen LogP contribution in [-0.2, 0) is 11.3 Å². The van der Waals surface area contributed by atoms with Crippen LogP contribution in [-0.4, -0.2) is 21.9 Å². The molecule has 0 spiro atoms. The number of carbonyl (C=O) groups excluding carboxylic acids is 1. The number of hydrogen-bond donors (Lipinski definition) is 1. The van der Waals surface area contributed by atoms with E-state index in [1.165, 1.54) is 11.0 Å². The first-order valence-corrected chi connectivity index (χ1v) is 7.31. The Kier molecular flexibility index (Phi) is 3.76. The van der Waals surface area contributed by atoms with Crippen LogP contribution in [0.3, 0.4) is 0 Å². The molecule has 1 amide bonds. The summed E-state index contributed by atoms with van der Waals surface area (Å²) in [6, 6.07) is 11.2. The maximum Gasteiger partial charge on any atom is 0.310 e. The summed E-state index contributed by atoms with van der Waals surface area (Å²) in [5, 5.41) is 20.1. The van der Waals surface area contributed by atoms with E-state index < -0.39 is 22.7 Å². The van der Waals surface area contributed by atoms with E-state index in [9.17, 15) is 19.7 Å². The molecule has 1 atom stereocenters. The van der Waals surface area contributed by atoms with Crippen molar-refractivity contribution >= 4 is 23.3 Å². The highest BCUT2D eigenvalue weighted by Crippen LogP contribution is 2.34. The van der Waals surface area contributed by atoms with Crippen LogP contribution in [0, 0.1) is 10.1 Å². The summed E-state index contributed by atoms with van der Waals surface area (Å²) in [4.78, 5) is 35.6. The Balaban J connectivity index is 1.93. The second kappa shape index (κ2) is 5.77. The van der Waals surface area contributed by atoms with Gasteiger partial charge in [0.1, 0.15) is 5.56 Å². The minimum absolute atomic E-state index is 0.116. The molecule has 3 rings (SSSR count). The number of nitro groups is 1. The second-order valence-electron chi connectivity index (χ2n) is 5.61. The number of carboxylic acid groups (broad SMARTS) is 1. The normalized spacial score (nSPS) is 14.4. The number of rotatable bonds is 4. The number of anilines is 1. The summed E-state index contributed by atoms with van der Waals surface area (Å²) in [6.45, 7) is 1.83. The fourth-order valence-corrected chi connectivity index (χ4v) is 2.79. The van der Waals surface area contributed by atoms with Crippen LogP contribution in [0.2, 0.25) is 0 Å². The molecule has 2 aromatic rings. The topological polar surface area (TPSA) is 101 Å². The van der Waals surface area contributed by atoms with Gasteiger partial charge in [0.2, 0.25) is 0 Å². The lowest BCUT2D eigenvalue weighted by Crippen LogP contribution is -2.23. The van der Waals surface area contributed by atoms with Crippen LogP contribution in [0.1, 0.15) is 34.3 Å². The van der Waals surface area contributed by atoms with Crippen molar-refractivity contribution in [3.8, 4) is 0 Å². The summed E-state index contributed by atoms with van der Waals surface area (Å²) in [5.74, 6) is -1.99. The van der Waals surface area contributed by atoms with Gasteiger partial charge in [0.05, 0.1) is 17.4 Å². The average Bonchev–Trinajstić information content (AvgIpc) is 2.91. The number of benzene rings is 2. The van der Waals surface area contributed by atoms with Crippen LogP contribution in [0.25, 0.3) is 0 Å². The van der Waals surface area contributed by atoms with E-state index in [2.05, 4.69) is 0 Å². The lowest BCUT2D eigenvalue weighted by molar-refractivity contribution is -0.385. The van der Waals surface area contributed by atoms with Crippen molar-refractivity contribution in [1.82, 2.24) is 0 Å². The number of nitrogens with zero attached hydrogens (tertiary/aromatic N) is 2.